The molecule has 0 bridgehead atoms. The van der Waals surface area contributed by atoms with E-state index in [0.717, 1.165) is 24.2 Å². The van der Waals surface area contributed by atoms with Gasteiger partial charge in [0.15, 0.2) is 5.65 Å². The van der Waals surface area contributed by atoms with Crippen LogP contribution in [-0.2, 0) is 6.54 Å². The summed E-state index contributed by atoms with van der Waals surface area (Å²) < 4.78 is 7.18. The molecule has 0 aliphatic carbocycles. The number of nitrogens with zero attached hydrogens (tertiary/aromatic N) is 4. The second-order valence-corrected chi connectivity index (χ2v) is 6.53. The number of amides is 1. The highest BCUT2D eigenvalue weighted by Gasteiger charge is 2.18. The van der Waals surface area contributed by atoms with E-state index in [1.165, 1.54) is 0 Å². The van der Waals surface area contributed by atoms with Gasteiger partial charge in [0.2, 0.25) is 0 Å². The highest BCUT2D eigenvalue weighted by Crippen LogP contribution is 2.25. The second kappa shape index (κ2) is 8.04. The molecule has 0 radical (unpaired) electrons. The number of rotatable bonds is 7. The zero-order valence-electron chi connectivity index (χ0n) is 15.6. The van der Waals surface area contributed by atoms with Gasteiger partial charge in [0.25, 0.3) is 5.91 Å². The molecule has 1 N–H and O–H groups in total. The summed E-state index contributed by atoms with van der Waals surface area (Å²) in [7, 11) is 0. The van der Waals surface area contributed by atoms with Crippen molar-refractivity contribution in [2.75, 3.05) is 6.54 Å². The minimum Gasteiger partial charge on any atom is -0.467 e. The van der Waals surface area contributed by atoms with Crippen LogP contribution in [0.1, 0.15) is 35.9 Å². The van der Waals surface area contributed by atoms with Crippen molar-refractivity contribution in [3.8, 4) is 11.3 Å². The molecule has 4 aromatic heterocycles. The molecule has 7 nitrogen and oxygen atoms in total. The maximum Gasteiger partial charge on any atom is 0.252 e. The molecule has 0 aliphatic heterocycles. The van der Waals surface area contributed by atoms with Gasteiger partial charge in [-0.1, -0.05) is 13.3 Å². The number of hydrogen-bond donors (Lipinski definition) is 1. The molecule has 1 amide bonds. The molecule has 142 valence electrons. The Morgan fingerprint density at radius 3 is 2.93 bits per heavy atom. The number of carbonyl (C=O) groups excluding carboxylic acids is 1. The number of nitrogens with one attached hydrogen (secondary N) is 1. The first-order chi connectivity index (χ1) is 13.8. The van der Waals surface area contributed by atoms with Gasteiger partial charge in [-0.25, -0.2) is 9.67 Å². The van der Waals surface area contributed by atoms with Gasteiger partial charge in [0.1, 0.15) is 12.3 Å². The number of carbonyl (C=O) groups is 1. The van der Waals surface area contributed by atoms with E-state index in [-0.39, 0.29) is 5.91 Å². The molecular weight excluding hydrogens is 354 g/mol. The van der Waals surface area contributed by atoms with Crippen LogP contribution in [0.15, 0.2) is 59.6 Å². The van der Waals surface area contributed by atoms with Gasteiger partial charge in [-0.2, -0.15) is 5.10 Å². The third kappa shape index (κ3) is 3.64. The highest BCUT2D eigenvalue weighted by atomic mass is 16.3. The Morgan fingerprint density at radius 2 is 2.18 bits per heavy atom. The van der Waals surface area contributed by atoms with Crippen LogP contribution in [0.25, 0.3) is 22.3 Å². The van der Waals surface area contributed by atoms with Crippen molar-refractivity contribution in [3.63, 3.8) is 0 Å². The van der Waals surface area contributed by atoms with E-state index in [1.807, 2.05) is 24.3 Å². The molecule has 0 unspecified atom stereocenters. The van der Waals surface area contributed by atoms with Gasteiger partial charge < -0.3 is 9.73 Å². The van der Waals surface area contributed by atoms with Gasteiger partial charge >= 0.3 is 0 Å². The minimum atomic E-state index is -0.122. The first-order valence-corrected chi connectivity index (χ1v) is 9.34. The lowest BCUT2D eigenvalue weighted by atomic mass is 10.1. The Morgan fingerprint density at radius 1 is 1.25 bits per heavy atom. The number of fused-ring (bicyclic) bond motifs is 1. The van der Waals surface area contributed by atoms with E-state index >= 15 is 0 Å². The van der Waals surface area contributed by atoms with Crippen LogP contribution in [0.4, 0.5) is 0 Å². The molecule has 0 saturated carbocycles. The highest BCUT2D eigenvalue weighted by molar-refractivity contribution is 6.06. The van der Waals surface area contributed by atoms with E-state index in [2.05, 4.69) is 22.3 Å². The Kier molecular flexibility index (Phi) is 5.14. The molecule has 7 heteroatoms. The lowest BCUT2D eigenvalue weighted by Crippen LogP contribution is -2.24. The lowest BCUT2D eigenvalue weighted by Gasteiger charge is -2.09. The van der Waals surface area contributed by atoms with Gasteiger partial charge in [-0.05, 0) is 36.8 Å². The number of pyridine rings is 2. The van der Waals surface area contributed by atoms with Gasteiger partial charge in [0, 0.05) is 24.5 Å². The van der Waals surface area contributed by atoms with E-state index in [9.17, 15) is 4.79 Å². The Balaban J connectivity index is 1.79. The van der Waals surface area contributed by atoms with Crippen LogP contribution in [0, 0.1) is 0 Å². The van der Waals surface area contributed by atoms with Crippen molar-refractivity contribution in [2.45, 2.75) is 26.3 Å². The van der Waals surface area contributed by atoms with Crippen molar-refractivity contribution in [1.29, 1.82) is 0 Å². The number of hydrogen-bond acceptors (Lipinski definition) is 5. The maximum absolute atomic E-state index is 12.8. The van der Waals surface area contributed by atoms with Gasteiger partial charge in [0.05, 0.1) is 29.1 Å². The van der Waals surface area contributed by atoms with E-state index in [4.69, 9.17) is 9.40 Å². The van der Waals surface area contributed by atoms with Gasteiger partial charge in [-0.3, -0.25) is 9.78 Å². The Hall–Kier alpha value is -3.48. The normalized spacial score (nSPS) is 11.0. The molecule has 4 rings (SSSR count). The largest absolute Gasteiger partial charge is 0.467 e. The fourth-order valence-corrected chi connectivity index (χ4v) is 3.04. The van der Waals surface area contributed by atoms with E-state index in [1.54, 1.807) is 35.6 Å². The number of furan rings is 1. The summed E-state index contributed by atoms with van der Waals surface area (Å²) in [5, 5.41) is 8.15. The molecule has 4 aromatic rings. The van der Waals surface area contributed by atoms with Crippen LogP contribution >= 0.6 is 0 Å². The van der Waals surface area contributed by atoms with Gasteiger partial charge in [-0.15, -0.1) is 0 Å². The zero-order valence-corrected chi connectivity index (χ0v) is 15.6. The van der Waals surface area contributed by atoms with Crippen LogP contribution in [0.2, 0.25) is 0 Å². The third-order valence-corrected chi connectivity index (χ3v) is 4.51. The average molecular weight is 375 g/mol. The predicted molar refractivity (Wildman–Crippen MR) is 106 cm³/mol. The van der Waals surface area contributed by atoms with Crippen LogP contribution in [-0.4, -0.2) is 32.2 Å². The first kappa shape index (κ1) is 17.9. The summed E-state index contributed by atoms with van der Waals surface area (Å²) in [4.78, 5) is 21.8. The summed E-state index contributed by atoms with van der Waals surface area (Å²) in [6, 6.07) is 9.30. The Bertz CT molecular complexity index is 1070. The minimum absolute atomic E-state index is 0.122. The quantitative estimate of drug-likeness (QED) is 0.498. The first-order valence-electron chi connectivity index (χ1n) is 9.34. The molecule has 0 spiro atoms. The fourth-order valence-electron chi connectivity index (χ4n) is 3.04. The summed E-state index contributed by atoms with van der Waals surface area (Å²) in [5.74, 6) is 0.649. The Labute approximate surface area is 162 Å². The monoisotopic (exact) mass is 375 g/mol. The van der Waals surface area contributed by atoms with E-state index < -0.39 is 0 Å². The smallest absolute Gasteiger partial charge is 0.252 e. The SMILES string of the molecule is CCCCNC(=O)c1cc(-c2cccnc2)nc2c1cnn2Cc1ccco1. The third-order valence-electron chi connectivity index (χ3n) is 4.51. The predicted octanol–water partition coefficient (Wildman–Crippen LogP) is 3.66. The summed E-state index contributed by atoms with van der Waals surface area (Å²) in [5.41, 5.74) is 2.73. The lowest BCUT2D eigenvalue weighted by molar-refractivity contribution is 0.0955. The molecule has 4 heterocycles. The summed E-state index contributed by atoms with van der Waals surface area (Å²) in [6.45, 7) is 3.18. The molecular formula is C21H21N5O2. The molecule has 28 heavy (non-hydrogen) atoms. The topological polar surface area (TPSA) is 85.8 Å². The summed E-state index contributed by atoms with van der Waals surface area (Å²) >= 11 is 0. The van der Waals surface area contributed by atoms with Crippen molar-refractivity contribution < 1.29 is 9.21 Å². The molecule has 0 aliphatic rings. The zero-order chi connectivity index (χ0) is 19.3. The second-order valence-electron chi connectivity index (χ2n) is 6.53. The van der Waals surface area contributed by atoms with Crippen LogP contribution in [0.5, 0.6) is 0 Å². The summed E-state index contributed by atoms with van der Waals surface area (Å²) in [6.07, 6.45) is 8.72. The van der Waals surface area contributed by atoms with Crippen molar-refractivity contribution in [1.82, 2.24) is 25.1 Å². The number of aromatic nitrogens is 4. The van der Waals surface area contributed by atoms with Crippen molar-refractivity contribution in [2.24, 2.45) is 0 Å². The van der Waals surface area contributed by atoms with E-state index in [0.29, 0.717) is 35.4 Å². The molecule has 0 aromatic carbocycles. The fraction of sp³-hybridized carbons (Fsp3) is 0.238. The van der Waals surface area contributed by atoms with Crippen LogP contribution in [0.3, 0.4) is 0 Å². The standard InChI is InChI=1S/C21H21N5O2/c1-2-3-9-23-21(27)17-11-19(15-6-4-8-22-12-15)25-20-18(17)13-24-26(20)14-16-7-5-10-28-16/h4-8,10-13H,2-3,9,14H2,1H3,(H,23,27). The molecule has 0 fully saturated rings. The average Bonchev–Trinajstić information content (AvgIpc) is 3.39. The molecule has 0 atom stereocenters. The van der Waals surface area contributed by atoms with Crippen molar-refractivity contribution in [3.05, 3.63) is 66.5 Å². The maximum atomic E-state index is 12.8. The van der Waals surface area contributed by atoms with Crippen LogP contribution < -0.4 is 5.32 Å². The van der Waals surface area contributed by atoms with Crippen molar-refractivity contribution >= 4 is 16.9 Å². The molecule has 0 saturated heterocycles. The number of unbranched alkanes of at least 4 members (excludes halogenated alkanes) is 1.